The summed E-state index contributed by atoms with van der Waals surface area (Å²) in [5.74, 6) is -0.579. The SMILES string of the molecule is CC(N)=O.CC(N)=O.NC(=O)OCC1c2ccccc2-c2ccccc21. The highest BCUT2D eigenvalue weighted by atomic mass is 16.5. The van der Waals surface area contributed by atoms with E-state index in [0.29, 0.717) is 6.61 Å². The second-order valence-corrected chi connectivity index (χ2v) is 5.58. The van der Waals surface area contributed by atoms with Crippen LogP contribution in [0.5, 0.6) is 0 Å². The molecule has 1 aliphatic rings. The van der Waals surface area contributed by atoms with Gasteiger partial charge in [0.1, 0.15) is 6.61 Å². The molecule has 0 aromatic heterocycles. The minimum absolute atomic E-state index is 0.0879. The van der Waals surface area contributed by atoms with Gasteiger partial charge in [0.2, 0.25) is 11.8 Å². The quantitative estimate of drug-likeness (QED) is 0.755. The van der Waals surface area contributed by atoms with Crippen LogP contribution in [0.2, 0.25) is 0 Å². The van der Waals surface area contributed by atoms with Gasteiger partial charge in [-0.05, 0) is 22.3 Å². The van der Waals surface area contributed by atoms with Gasteiger partial charge in [-0.2, -0.15) is 0 Å². The van der Waals surface area contributed by atoms with E-state index in [4.69, 9.17) is 10.5 Å². The van der Waals surface area contributed by atoms with E-state index in [1.165, 1.54) is 36.1 Å². The zero-order valence-electron chi connectivity index (χ0n) is 14.8. The van der Waals surface area contributed by atoms with Gasteiger partial charge >= 0.3 is 6.09 Å². The van der Waals surface area contributed by atoms with Crippen LogP contribution in [0.25, 0.3) is 11.1 Å². The third-order valence-electron chi connectivity index (χ3n) is 3.35. The summed E-state index contributed by atoms with van der Waals surface area (Å²) >= 11 is 0. The van der Waals surface area contributed by atoms with Gasteiger partial charge in [-0.15, -0.1) is 0 Å². The van der Waals surface area contributed by atoms with Crippen molar-refractivity contribution in [3.63, 3.8) is 0 Å². The Labute approximate surface area is 152 Å². The lowest BCUT2D eigenvalue weighted by Gasteiger charge is -2.12. The van der Waals surface area contributed by atoms with E-state index in [9.17, 15) is 14.4 Å². The van der Waals surface area contributed by atoms with Crippen LogP contribution >= 0.6 is 0 Å². The van der Waals surface area contributed by atoms with Crippen molar-refractivity contribution in [1.29, 1.82) is 0 Å². The molecule has 1 aliphatic carbocycles. The van der Waals surface area contributed by atoms with E-state index in [-0.39, 0.29) is 17.7 Å². The fraction of sp³-hybridized carbons (Fsp3) is 0.211. The maximum atomic E-state index is 10.8. The minimum Gasteiger partial charge on any atom is -0.449 e. The van der Waals surface area contributed by atoms with Gasteiger partial charge in [-0.25, -0.2) is 4.79 Å². The first kappa shape index (κ1) is 20.7. The van der Waals surface area contributed by atoms with Crippen molar-refractivity contribution in [2.24, 2.45) is 17.2 Å². The van der Waals surface area contributed by atoms with Crippen LogP contribution < -0.4 is 17.2 Å². The summed E-state index contributed by atoms with van der Waals surface area (Å²) in [6.45, 7) is 2.91. The Balaban J connectivity index is 0.000000360. The molecule has 138 valence electrons. The molecule has 3 amide bonds. The number of amides is 3. The molecule has 2 aromatic carbocycles. The van der Waals surface area contributed by atoms with E-state index in [1.807, 2.05) is 24.3 Å². The Morgan fingerprint density at radius 1 is 0.808 bits per heavy atom. The third-order valence-corrected chi connectivity index (χ3v) is 3.35. The van der Waals surface area contributed by atoms with Gasteiger partial charge < -0.3 is 21.9 Å². The van der Waals surface area contributed by atoms with Crippen molar-refractivity contribution >= 4 is 17.9 Å². The molecule has 3 rings (SSSR count). The van der Waals surface area contributed by atoms with E-state index in [0.717, 1.165) is 0 Å². The lowest BCUT2D eigenvalue weighted by Crippen LogP contribution is -2.17. The zero-order valence-corrected chi connectivity index (χ0v) is 14.8. The molecule has 0 fully saturated rings. The number of carbonyl (C=O) groups excluding carboxylic acids is 3. The van der Waals surface area contributed by atoms with Crippen LogP contribution in [0.15, 0.2) is 48.5 Å². The molecule has 26 heavy (non-hydrogen) atoms. The van der Waals surface area contributed by atoms with Gasteiger partial charge in [0.25, 0.3) is 0 Å². The molecule has 0 atom stereocenters. The van der Waals surface area contributed by atoms with E-state index in [1.54, 1.807) is 0 Å². The Hall–Kier alpha value is -3.35. The van der Waals surface area contributed by atoms with Gasteiger partial charge in [0.15, 0.2) is 0 Å². The fourth-order valence-electron chi connectivity index (χ4n) is 2.60. The highest BCUT2D eigenvalue weighted by molar-refractivity contribution is 5.79. The van der Waals surface area contributed by atoms with E-state index in [2.05, 4.69) is 35.7 Å². The van der Waals surface area contributed by atoms with Crippen molar-refractivity contribution in [2.45, 2.75) is 19.8 Å². The monoisotopic (exact) mass is 357 g/mol. The highest BCUT2D eigenvalue weighted by Gasteiger charge is 2.28. The standard InChI is InChI=1S/C15H13NO2.2C2H5NO/c16-15(17)18-9-14-12-7-3-1-5-10(12)11-6-2-4-8-13(11)14;2*1-2(3)4/h1-8,14H,9H2,(H2,16,17);2*1H3,(H2,3,4). The summed E-state index contributed by atoms with van der Waals surface area (Å²) in [6.07, 6.45) is -0.725. The number of hydrogen-bond acceptors (Lipinski definition) is 4. The molecule has 0 unspecified atom stereocenters. The van der Waals surface area contributed by atoms with Crippen LogP contribution in [0.3, 0.4) is 0 Å². The average Bonchev–Trinajstić information content (AvgIpc) is 2.86. The molecule has 2 aromatic rings. The highest BCUT2D eigenvalue weighted by Crippen LogP contribution is 2.44. The molecule has 0 radical (unpaired) electrons. The van der Waals surface area contributed by atoms with Crippen molar-refractivity contribution < 1.29 is 19.1 Å². The van der Waals surface area contributed by atoms with Gasteiger partial charge in [0, 0.05) is 19.8 Å². The van der Waals surface area contributed by atoms with Crippen LogP contribution in [0.1, 0.15) is 30.9 Å². The molecule has 7 heteroatoms. The molecular formula is C19H23N3O4. The number of hydrogen-bond donors (Lipinski definition) is 3. The second kappa shape index (κ2) is 9.83. The number of benzene rings is 2. The Morgan fingerprint density at radius 2 is 1.15 bits per heavy atom. The third kappa shape index (κ3) is 6.27. The van der Waals surface area contributed by atoms with Crippen molar-refractivity contribution in [2.75, 3.05) is 6.61 Å². The summed E-state index contributed by atoms with van der Waals surface area (Å²) < 4.78 is 4.98. The van der Waals surface area contributed by atoms with Crippen LogP contribution in [-0.4, -0.2) is 24.5 Å². The number of primary amides is 3. The lowest BCUT2D eigenvalue weighted by atomic mass is 9.98. The first-order valence-corrected chi connectivity index (χ1v) is 7.86. The molecule has 6 N–H and O–H groups in total. The maximum absolute atomic E-state index is 10.8. The molecule has 0 spiro atoms. The molecule has 0 aliphatic heterocycles. The van der Waals surface area contributed by atoms with Gasteiger partial charge in [-0.3, -0.25) is 9.59 Å². The van der Waals surface area contributed by atoms with Crippen molar-refractivity contribution in [3.05, 3.63) is 59.7 Å². The largest absolute Gasteiger partial charge is 0.449 e. The molecule has 7 nitrogen and oxygen atoms in total. The summed E-state index contributed by atoms with van der Waals surface area (Å²) in [6, 6.07) is 16.4. The average molecular weight is 357 g/mol. The van der Waals surface area contributed by atoms with Crippen molar-refractivity contribution in [3.8, 4) is 11.1 Å². The normalized spacial score (nSPS) is 10.8. The molecule has 0 saturated heterocycles. The summed E-state index contributed by atoms with van der Waals surface area (Å²) in [4.78, 5) is 29.2. The first-order chi connectivity index (χ1) is 12.2. The van der Waals surface area contributed by atoms with Crippen molar-refractivity contribution in [1.82, 2.24) is 0 Å². The Kier molecular flexibility index (Phi) is 7.82. The maximum Gasteiger partial charge on any atom is 0.404 e. The summed E-state index contributed by atoms with van der Waals surface area (Å²) in [5, 5.41) is 0. The van der Waals surface area contributed by atoms with E-state index >= 15 is 0 Å². The van der Waals surface area contributed by atoms with E-state index < -0.39 is 6.09 Å². The minimum atomic E-state index is -0.725. The smallest absolute Gasteiger partial charge is 0.404 e. The second-order valence-electron chi connectivity index (χ2n) is 5.58. The summed E-state index contributed by atoms with van der Waals surface area (Å²) in [7, 11) is 0. The predicted molar refractivity (Wildman–Crippen MR) is 99.0 cm³/mol. The number of carbonyl (C=O) groups is 3. The zero-order chi connectivity index (χ0) is 19.7. The predicted octanol–water partition coefficient (Wildman–Crippen LogP) is 1.88. The lowest BCUT2D eigenvalue weighted by molar-refractivity contribution is -0.116. The summed E-state index contributed by atoms with van der Waals surface area (Å²) in [5.41, 5.74) is 18.8. The Morgan fingerprint density at radius 3 is 1.50 bits per heavy atom. The van der Waals surface area contributed by atoms with Gasteiger partial charge in [0.05, 0.1) is 0 Å². The topological polar surface area (TPSA) is 138 Å². The molecular weight excluding hydrogens is 334 g/mol. The van der Waals surface area contributed by atoms with Crippen LogP contribution in [0.4, 0.5) is 4.79 Å². The number of ether oxygens (including phenoxy) is 1. The number of fused-ring (bicyclic) bond motifs is 3. The van der Waals surface area contributed by atoms with Crippen LogP contribution in [-0.2, 0) is 14.3 Å². The molecule has 0 bridgehead atoms. The molecule has 0 saturated carbocycles. The van der Waals surface area contributed by atoms with Crippen LogP contribution in [0, 0.1) is 0 Å². The number of nitrogens with two attached hydrogens (primary N) is 3. The molecule has 0 heterocycles. The fourth-order valence-corrected chi connectivity index (χ4v) is 2.60. The number of rotatable bonds is 2. The first-order valence-electron chi connectivity index (χ1n) is 7.86. The van der Waals surface area contributed by atoms with Gasteiger partial charge in [-0.1, -0.05) is 48.5 Å². The Bertz CT molecular complexity index is 724.